The van der Waals surface area contributed by atoms with Crippen LogP contribution in [0.15, 0.2) is 28.7 Å². The third kappa shape index (κ3) is 1.65. The van der Waals surface area contributed by atoms with E-state index < -0.39 is 5.60 Å². The highest BCUT2D eigenvalue weighted by Gasteiger charge is 2.35. The number of furan rings is 1. The Morgan fingerprint density at radius 2 is 2.10 bits per heavy atom. The molecule has 1 fully saturated rings. The quantitative estimate of drug-likeness (QED) is 0.634. The summed E-state index contributed by atoms with van der Waals surface area (Å²) in [6.07, 6.45) is 1.92. The van der Waals surface area contributed by atoms with Crippen molar-refractivity contribution in [3.8, 4) is 0 Å². The van der Waals surface area contributed by atoms with Gasteiger partial charge in [-0.15, -0.1) is 0 Å². The molecule has 0 amide bonds. The number of benzene rings is 1. The van der Waals surface area contributed by atoms with Crippen molar-refractivity contribution < 1.29 is 9.15 Å². The van der Waals surface area contributed by atoms with E-state index in [-0.39, 0.29) is 0 Å². The molecule has 0 N–H and O–H groups in total. The van der Waals surface area contributed by atoms with Gasteiger partial charge in [0, 0.05) is 12.0 Å². The minimum Gasteiger partial charge on any atom is -0.451 e. The third-order valence-electron chi connectivity index (χ3n) is 3.87. The van der Waals surface area contributed by atoms with E-state index in [0.717, 1.165) is 35.9 Å². The van der Waals surface area contributed by atoms with Crippen molar-refractivity contribution in [2.75, 3.05) is 6.61 Å². The maximum absolute atomic E-state index is 6.27. The molecule has 4 nitrogen and oxygen atoms in total. The molecule has 0 saturated carbocycles. The number of ether oxygens (including phenoxy) is 1. The summed E-state index contributed by atoms with van der Waals surface area (Å²) in [6, 6.07) is 7.77. The first-order valence-electron chi connectivity index (χ1n) is 6.67. The van der Waals surface area contributed by atoms with Gasteiger partial charge < -0.3 is 9.15 Å². The van der Waals surface area contributed by atoms with Crippen molar-refractivity contribution in [1.29, 1.82) is 0 Å². The fourth-order valence-electron chi connectivity index (χ4n) is 2.75. The molecule has 1 unspecified atom stereocenters. The monoisotopic (exact) mass is 288 g/mol. The fourth-order valence-corrected chi connectivity index (χ4v) is 2.96. The van der Waals surface area contributed by atoms with E-state index >= 15 is 0 Å². The lowest BCUT2D eigenvalue weighted by atomic mass is 10.0. The molecule has 1 aromatic carbocycles. The molecule has 3 aromatic rings. The molecule has 0 aliphatic carbocycles. The predicted molar refractivity (Wildman–Crippen MR) is 76.9 cm³/mol. The Bertz CT molecular complexity index is 806. The summed E-state index contributed by atoms with van der Waals surface area (Å²) >= 11 is 6.27. The second-order valence-electron chi connectivity index (χ2n) is 5.30. The van der Waals surface area contributed by atoms with Crippen LogP contribution in [0.2, 0.25) is 5.15 Å². The van der Waals surface area contributed by atoms with Crippen LogP contribution in [0.25, 0.3) is 22.1 Å². The van der Waals surface area contributed by atoms with E-state index in [1.54, 1.807) is 0 Å². The highest BCUT2D eigenvalue weighted by atomic mass is 35.5. The highest BCUT2D eigenvalue weighted by molar-refractivity contribution is 6.34. The van der Waals surface area contributed by atoms with E-state index in [4.69, 9.17) is 20.8 Å². The molecule has 1 aliphatic rings. The van der Waals surface area contributed by atoms with Gasteiger partial charge in [0.15, 0.2) is 16.6 Å². The number of aromatic nitrogens is 2. The first-order valence-corrected chi connectivity index (χ1v) is 7.04. The lowest BCUT2D eigenvalue weighted by molar-refractivity contribution is 0.00963. The van der Waals surface area contributed by atoms with Crippen LogP contribution < -0.4 is 0 Å². The SMILES string of the molecule is CC1(c2nc(Cl)c3oc4ccccc4c3n2)CCCO1. The van der Waals surface area contributed by atoms with Crippen molar-refractivity contribution in [1.82, 2.24) is 9.97 Å². The van der Waals surface area contributed by atoms with E-state index in [9.17, 15) is 0 Å². The van der Waals surface area contributed by atoms with Crippen LogP contribution >= 0.6 is 11.6 Å². The molecular formula is C15H13ClN2O2. The molecule has 1 saturated heterocycles. The average Bonchev–Trinajstić information content (AvgIpc) is 3.04. The van der Waals surface area contributed by atoms with Crippen LogP contribution in [-0.2, 0) is 10.3 Å². The Hall–Kier alpha value is -1.65. The normalized spacial score (nSPS) is 22.9. The smallest absolute Gasteiger partial charge is 0.191 e. The largest absolute Gasteiger partial charge is 0.451 e. The van der Waals surface area contributed by atoms with Crippen LogP contribution in [0.4, 0.5) is 0 Å². The Labute approximate surface area is 120 Å². The van der Waals surface area contributed by atoms with Gasteiger partial charge in [-0.3, -0.25) is 0 Å². The van der Waals surface area contributed by atoms with Crippen molar-refractivity contribution in [2.45, 2.75) is 25.4 Å². The Morgan fingerprint density at radius 3 is 2.90 bits per heavy atom. The second kappa shape index (κ2) is 4.17. The molecule has 4 rings (SSSR count). The first kappa shape index (κ1) is 12.1. The van der Waals surface area contributed by atoms with Gasteiger partial charge in [0.25, 0.3) is 0 Å². The molecular weight excluding hydrogens is 276 g/mol. The van der Waals surface area contributed by atoms with Crippen LogP contribution in [0, 0.1) is 0 Å². The maximum atomic E-state index is 6.27. The van der Waals surface area contributed by atoms with Gasteiger partial charge in [0.05, 0.1) is 0 Å². The van der Waals surface area contributed by atoms with Crippen LogP contribution in [0.5, 0.6) is 0 Å². The summed E-state index contributed by atoms with van der Waals surface area (Å²) in [7, 11) is 0. The number of hydrogen-bond donors (Lipinski definition) is 0. The first-order chi connectivity index (χ1) is 9.67. The third-order valence-corrected chi connectivity index (χ3v) is 4.13. The molecule has 3 heterocycles. The van der Waals surface area contributed by atoms with Gasteiger partial charge in [-0.25, -0.2) is 9.97 Å². The molecule has 1 aliphatic heterocycles. The fraction of sp³-hybridized carbons (Fsp3) is 0.333. The van der Waals surface area contributed by atoms with Crippen LogP contribution in [0.3, 0.4) is 0 Å². The summed E-state index contributed by atoms with van der Waals surface area (Å²) in [5.41, 5.74) is 1.62. The standard InChI is InChI=1S/C15H13ClN2O2/c1-15(7-4-8-19-15)14-17-11-9-5-2-3-6-10(9)20-12(11)13(16)18-14/h2-3,5-6H,4,7-8H2,1H3. The number of nitrogens with zero attached hydrogens (tertiary/aromatic N) is 2. The van der Waals surface area contributed by atoms with Gasteiger partial charge in [-0.05, 0) is 31.9 Å². The lowest BCUT2D eigenvalue weighted by Crippen LogP contribution is -2.23. The van der Waals surface area contributed by atoms with E-state index in [1.165, 1.54) is 0 Å². The maximum Gasteiger partial charge on any atom is 0.191 e. The van der Waals surface area contributed by atoms with Gasteiger partial charge in [-0.2, -0.15) is 0 Å². The Kier molecular flexibility index (Phi) is 2.53. The van der Waals surface area contributed by atoms with Gasteiger partial charge in [-0.1, -0.05) is 23.7 Å². The molecule has 0 bridgehead atoms. The molecule has 1 atom stereocenters. The zero-order chi connectivity index (χ0) is 13.7. The zero-order valence-electron chi connectivity index (χ0n) is 11.0. The Morgan fingerprint density at radius 1 is 1.25 bits per heavy atom. The molecule has 102 valence electrons. The average molecular weight is 289 g/mol. The molecule has 2 aromatic heterocycles. The summed E-state index contributed by atoms with van der Waals surface area (Å²) in [6.45, 7) is 2.75. The van der Waals surface area contributed by atoms with Crippen molar-refractivity contribution in [2.24, 2.45) is 0 Å². The number of para-hydroxylation sites is 1. The number of fused-ring (bicyclic) bond motifs is 3. The second-order valence-corrected chi connectivity index (χ2v) is 5.65. The number of halogens is 1. The summed E-state index contributed by atoms with van der Waals surface area (Å²) < 4.78 is 11.5. The van der Waals surface area contributed by atoms with Crippen molar-refractivity contribution in [3.63, 3.8) is 0 Å². The van der Waals surface area contributed by atoms with E-state index in [0.29, 0.717) is 16.6 Å². The molecule has 5 heteroatoms. The Balaban J connectivity index is 2.03. The molecule has 0 spiro atoms. The van der Waals surface area contributed by atoms with Crippen molar-refractivity contribution >= 4 is 33.7 Å². The molecule has 0 radical (unpaired) electrons. The van der Waals surface area contributed by atoms with Crippen LogP contribution in [-0.4, -0.2) is 16.6 Å². The summed E-state index contributed by atoms with van der Waals surface area (Å²) in [5, 5.41) is 1.30. The molecule has 20 heavy (non-hydrogen) atoms. The highest BCUT2D eigenvalue weighted by Crippen LogP contribution is 2.37. The van der Waals surface area contributed by atoms with E-state index in [2.05, 4.69) is 9.97 Å². The minimum atomic E-state index is -0.448. The zero-order valence-corrected chi connectivity index (χ0v) is 11.8. The van der Waals surface area contributed by atoms with Gasteiger partial charge in [0.1, 0.15) is 16.7 Å². The van der Waals surface area contributed by atoms with Crippen molar-refractivity contribution in [3.05, 3.63) is 35.2 Å². The van der Waals surface area contributed by atoms with E-state index in [1.807, 2.05) is 31.2 Å². The van der Waals surface area contributed by atoms with Gasteiger partial charge in [0.2, 0.25) is 0 Å². The predicted octanol–water partition coefficient (Wildman–Crippen LogP) is 4.06. The summed E-state index contributed by atoms with van der Waals surface area (Å²) in [4.78, 5) is 9.05. The minimum absolute atomic E-state index is 0.345. The van der Waals surface area contributed by atoms with Gasteiger partial charge >= 0.3 is 0 Å². The number of hydrogen-bond acceptors (Lipinski definition) is 4. The lowest BCUT2D eigenvalue weighted by Gasteiger charge is -2.21. The van der Waals surface area contributed by atoms with Crippen LogP contribution in [0.1, 0.15) is 25.6 Å². The topological polar surface area (TPSA) is 48.2 Å². The number of rotatable bonds is 1. The summed E-state index contributed by atoms with van der Waals surface area (Å²) in [5.74, 6) is 0.638.